The average Bonchev–Trinajstić information content (AvgIpc) is 2.40. The van der Waals surface area contributed by atoms with Crippen molar-refractivity contribution < 1.29 is 17.9 Å². The maximum absolute atomic E-state index is 12.8. The Hall–Kier alpha value is -1.82. The molecule has 0 radical (unpaired) electrons. The number of nitrogen functional groups attached to an aromatic ring is 1. The summed E-state index contributed by atoms with van der Waals surface area (Å²) in [6, 6.07) is 11.0. The molecule has 0 bridgehead atoms. The van der Waals surface area contributed by atoms with Gasteiger partial charge in [-0.3, -0.25) is 0 Å². The second-order valence-corrected chi connectivity index (χ2v) is 5.17. The smallest absolute Gasteiger partial charge is 0.418 e. The van der Waals surface area contributed by atoms with Gasteiger partial charge in [0.05, 0.1) is 12.7 Å². The van der Waals surface area contributed by atoms with E-state index in [4.69, 9.17) is 10.5 Å². The van der Waals surface area contributed by atoms with Crippen LogP contribution in [-0.2, 0) is 6.18 Å². The topological polar surface area (TPSA) is 35.2 Å². The molecule has 0 unspecified atom stereocenters. The third kappa shape index (κ3) is 3.39. The van der Waals surface area contributed by atoms with E-state index in [1.54, 1.807) is 37.4 Å². The van der Waals surface area contributed by atoms with Gasteiger partial charge in [-0.05, 0) is 42.5 Å². The Morgan fingerprint density at radius 3 is 2.15 bits per heavy atom. The molecule has 2 rings (SSSR count). The van der Waals surface area contributed by atoms with E-state index in [0.29, 0.717) is 10.6 Å². The first-order valence-electron chi connectivity index (χ1n) is 5.69. The van der Waals surface area contributed by atoms with Crippen LogP contribution >= 0.6 is 11.8 Å². The van der Waals surface area contributed by atoms with Crippen LogP contribution in [0.2, 0.25) is 0 Å². The van der Waals surface area contributed by atoms with Crippen molar-refractivity contribution in [2.24, 2.45) is 0 Å². The summed E-state index contributed by atoms with van der Waals surface area (Å²) in [4.78, 5) is 1.31. The predicted octanol–water partition coefficient (Wildman–Crippen LogP) is 4.45. The third-order valence-electron chi connectivity index (χ3n) is 2.63. The number of methoxy groups -OCH3 is 1. The monoisotopic (exact) mass is 299 g/mol. The van der Waals surface area contributed by atoms with Crippen LogP contribution in [0.15, 0.2) is 52.3 Å². The van der Waals surface area contributed by atoms with Gasteiger partial charge in [0, 0.05) is 15.5 Å². The van der Waals surface area contributed by atoms with E-state index < -0.39 is 11.7 Å². The Kier molecular flexibility index (Phi) is 4.13. The highest BCUT2D eigenvalue weighted by Crippen LogP contribution is 2.37. The van der Waals surface area contributed by atoms with Crippen molar-refractivity contribution in [3.05, 3.63) is 48.0 Å². The summed E-state index contributed by atoms with van der Waals surface area (Å²) >= 11 is 1.23. The Labute approximate surface area is 118 Å². The van der Waals surface area contributed by atoms with E-state index in [1.165, 1.54) is 17.8 Å². The summed E-state index contributed by atoms with van der Waals surface area (Å²) in [5.41, 5.74) is 4.28. The zero-order valence-electron chi connectivity index (χ0n) is 10.6. The molecule has 0 aliphatic carbocycles. The van der Waals surface area contributed by atoms with E-state index in [9.17, 15) is 13.2 Å². The number of ether oxygens (including phenoxy) is 1. The maximum Gasteiger partial charge on any atom is 0.418 e. The molecule has 20 heavy (non-hydrogen) atoms. The highest BCUT2D eigenvalue weighted by atomic mass is 32.2. The number of alkyl halides is 3. The number of benzene rings is 2. The van der Waals surface area contributed by atoms with Gasteiger partial charge in [-0.25, -0.2) is 0 Å². The number of hydrogen-bond donors (Lipinski definition) is 1. The van der Waals surface area contributed by atoms with E-state index in [0.717, 1.165) is 11.0 Å². The van der Waals surface area contributed by atoms with Crippen LogP contribution in [-0.4, -0.2) is 7.11 Å². The predicted molar refractivity (Wildman–Crippen MR) is 73.0 cm³/mol. The summed E-state index contributed by atoms with van der Waals surface area (Å²) in [6.45, 7) is 0. The maximum atomic E-state index is 12.8. The lowest BCUT2D eigenvalue weighted by Gasteiger charge is -2.11. The van der Waals surface area contributed by atoms with E-state index >= 15 is 0 Å². The van der Waals surface area contributed by atoms with Crippen molar-refractivity contribution in [3.63, 3.8) is 0 Å². The Balaban J connectivity index is 2.25. The molecule has 2 nitrogen and oxygen atoms in total. The Morgan fingerprint density at radius 2 is 1.60 bits per heavy atom. The fourth-order valence-electron chi connectivity index (χ4n) is 1.62. The van der Waals surface area contributed by atoms with Crippen molar-refractivity contribution in [1.82, 2.24) is 0 Å². The van der Waals surface area contributed by atoms with Gasteiger partial charge in [-0.2, -0.15) is 13.2 Å². The Morgan fingerprint density at radius 1 is 1.00 bits per heavy atom. The lowest BCUT2D eigenvalue weighted by molar-refractivity contribution is -0.137. The zero-order chi connectivity index (χ0) is 14.8. The quantitative estimate of drug-likeness (QED) is 0.851. The van der Waals surface area contributed by atoms with Crippen LogP contribution in [0.1, 0.15) is 5.56 Å². The molecule has 0 aromatic heterocycles. The van der Waals surface area contributed by atoms with Crippen LogP contribution in [0.25, 0.3) is 0 Å². The lowest BCUT2D eigenvalue weighted by Crippen LogP contribution is -2.08. The van der Waals surface area contributed by atoms with Crippen molar-refractivity contribution in [1.29, 1.82) is 0 Å². The molecule has 0 atom stereocenters. The fraction of sp³-hybridized carbons (Fsp3) is 0.143. The first-order valence-corrected chi connectivity index (χ1v) is 6.50. The molecular formula is C14H12F3NOS. The van der Waals surface area contributed by atoms with E-state index in [1.807, 2.05) is 0 Å². The second-order valence-electron chi connectivity index (χ2n) is 4.02. The van der Waals surface area contributed by atoms with Gasteiger partial charge in [-0.1, -0.05) is 11.8 Å². The Bertz CT molecular complexity index is 596. The SMILES string of the molecule is COc1ccc(Sc2ccc(N)c(C(F)(F)F)c2)cc1. The van der Waals surface area contributed by atoms with Gasteiger partial charge in [0.2, 0.25) is 0 Å². The van der Waals surface area contributed by atoms with Gasteiger partial charge >= 0.3 is 6.18 Å². The average molecular weight is 299 g/mol. The molecule has 0 spiro atoms. The molecule has 2 aromatic carbocycles. The molecule has 6 heteroatoms. The summed E-state index contributed by atoms with van der Waals surface area (Å²) in [6.07, 6.45) is -4.44. The standard InChI is InChI=1S/C14H12F3NOS/c1-19-9-2-4-10(5-3-9)20-11-6-7-13(18)12(8-11)14(15,16)17/h2-8H,18H2,1H3. The van der Waals surface area contributed by atoms with Gasteiger partial charge < -0.3 is 10.5 Å². The van der Waals surface area contributed by atoms with Crippen molar-refractivity contribution in [2.45, 2.75) is 16.0 Å². The number of nitrogens with two attached hydrogens (primary N) is 1. The van der Waals surface area contributed by atoms with Crippen LogP contribution in [0.5, 0.6) is 5.75 Å². The van der Waals surface area contributed by atoms with Gasteiger partial charge in [0.15, 0.2) is 0 Å². The van der Waals surface area contributed by atoms with Crippen LogP contribution < -0.4 is 10.5 Å². The van der Waals surface area contributed by atoms with Crippen LogP contribution in [0.3, 0.4) is 0 Å². The highest BCUT2D eigenvalue weighted by molar-refractivity contribution is 7.99. The summed E-state index contributed by atoms with van der Waals surface area (Å²) < 4.78 is 43.3. The normalized spacial score (nSPS) is 11.4. The fourth-order valence-corrected chi connectivity index (χ4v) is 2.48. The largest absolute Gasteiger partial charge is 0.497 e. The lowest BCUT2D eigenvalue weighted by atomic mass is 10.2. The van der Waals surface area contributed by atoms with Gasteiger partial charge in [-0.15, -0.1) is 0 Å². The number of hydrogen-bond acceptors (Lipinski definition) is 3. The summed E-state index contributed by atoms with van der Waals surface area (Å²) in [5.74, 6) is 0.697. The number of rotatable bonds is 3. The molecule has 0 amide bonds. The van der Waals surface area contributed by atoms with E-state index in [-0.39, 0.29) is 5.69 Å². The first-order chi connectivity index (χ1) is 9.40. The summed E-state index contributed by atoms with van der Waals surface area (Å²) in [5, 5.41) is 0. The first kappa shape index (κ1) is 14.6. The van der Waals surface area contributed by atoms with Crippen molar-refractivity contribution >= 4 is 17.4 Å². The number of halogens is 3. The molecule has 2 aromatic rings. The van der Waals surface area contributed by atoms with Crippen LogP contribution in [0.4, 0.5) is 18.9 Å². The minimum atomic E-state index is -4.44. The molecule has 0 aliphatic rings. The minimum Gasteiger partial charge on any atom is -0.497 e. The van der Waals surface area contributed by atoms with Crippen LogP contribution in [0, 0.1) is 0 Å². The zero-order valence-corrected chi connectivity index (χ0v) is 11.4. The molecular weight excluding hydrogens is 287 g/mol. The molecule has 0 heterocycles. The second kappa shape index (κ2) is 5.66. The highest BCUT2D eigenvalue weighted by Gasteiger charge is 2.33. The molecule has 0 saturated heterocycles. The molecule has 0 saturated carbocycles. The number of anilines is 1. The van der Waals surface area contributed by atoms with Crippen molar-refractivity contribution in [3.8, 4) is 5.75 Å². The third-order valence-corrected chi connectivity index (χ3v) is 3.62. The molecule has 106 valence electrons. The summed E-state index contributed by atoms with van der Waals surface area (Å²) in [7, 11) is 1.55. The van der Waals surface area contributed by atoms with Crippen molar-refractivity contribution in [2.75, 3.05) is 12.8 Å². The van der Waals surface area contributed by atoms with Gasteiger partial charge in [0.1, 0.15) is 5.75 Å². The minimum absolute atomic E-state index is 0.267. The molecule has 0 aliphatic heterocycles. The van der Waals surface area contributed by atoms with Gasteiger partial charge in [0.25, 0.3) is 0 Å². The van der Waals surface area contributed by atoms with E-state index in [2.05, 4.69) is 0 Å². The molecule has 2 N–H and O–H groups in total. The molecule has 0 fully saturated rings.